The second kappa shape index (κ2) is 8.40. The number of para-hydroxylation sites is 1. The lowest BCUT2D eigenvalue weighted by atomic mass is 10.1. The molecule has 2 heterocycles. The van der Waals surface area contributed by atoms with E-state index in [-0.39, 0.29) is 11.7 Å². The van der Waals surface area contributed by atoms with Crippen LogP contribution in [0.5, 0.6) is 11.5 Å². The summed E-state index contributed by atoms with van der Waals surface area (Å²) in [5.74, 6) is 1.71. The molecule has 0 amide bonds. The average molecular weight is 408 g/mol. The van der Waals surface area contributed by atoms with Gasteiger partial charge in [-0.2, -0.15) is 0 Å². The second-order valence-electron chi connectivity index (χ2n) is 7.83. The van der Waals surface area contributed by atoms with Gasteiger partial charge in [-0.05, 0) is 43.7 Å². The van der Waals surface area contributed by atoms with Crippen LogP contribution in [0.15, 0.2) is 53.3 Å². The van der Waals surface area contributed by atoms with Crippen LogP contribution >= 0.6 is 0 Å². The molecule has 0 fully saturated rings. The van der Waals surface area contributed by atoms with Crippen molar-refractivity contribution in [1.29, 1.82) is 0 Å². The van der Waals surface area contributed by atoms with Crippen molar-refractivity contribution in [3.05, 3.63) is 75.7 Å². The number of rotatable bonds is 5. The van der Waals surface area contributed by atoms with Crippen molar-refractivity contribution in [2.24, 2.45) is 7.05 Å². The largest absolute Gasteiger partial charge is 0.497 e. The Balaban J connectivity index is 1.69. The first-order chi connectivity index (χ1) is 14.5. The van der Waals surface area contributed by atoms with Gasteiger partial charge in [0, 0.05) is 37.9 Å². The molecule has 1 unspecified atom stereocenters. The van der Waals surface area contributed by atoms with Gasteiger partial charge in [0.15, 0.2) is 0 Å². The highest BCUT2D eigenvalue weighted by Crippen LogP contribution is 2.30. The molecular formula is C24H29N3O3. The molecule has 2 aromatic carbocycles. The van der Waals surface area contributed by atoms with Gasteiger partial charge in [0.25, 0.3) is 5.56 Å². The SMILES string of the molecule is CCC1CN(Cc2c(C)n(C)n(-c3ccccc3)c2=O)Cc2cc(OC)ccc2O1. The van der Waals surface area contributed by atoms with Crippen molar-refractivity contribution in [2.45, 2.75) is 39.5 Å². The molecule has 1 aliphatic heterocycles. The Morgan fingerprint density at radius 2 is 1.93 bits per heavy atom. The standard InChI is InChI=1S/C24H29N3O3/c1-5-20-15-26(14-18-13-21(29-4)11-12-23(18)30-20)16-22-17(2)25(3)27(24(22)28)19-9-7-6-8-10-19/h6-13,20H,5,14-16H2,1-4H3. The van der Waals surface area contributed by atoms with Gasteiger partial charge in [0.05, 0.1) is 18.4 Å². The fraction of sp³-hybridized carbons (Fsp3) is 0.375. The van der Waals surface area contributed by atoms with Gasteiger partial charge in [0.1, 0.15) is 17.6 Å². The number of aromatic nitrogens is 2. The molecule has 30 heavy (non-hydrogen) atoms. The predicted octanol–water partition coefficient (Wildman–Crippen LogP) is 3.67. The van der Waals surface area contributed by atoms with Crippen molar-refractivity contribution in [3.8, 4) is 17.2 Å². The molecule has 0 bridgehead atoms. The summed E-state index contributed by atoms with van der Waals surface area (Å²) in [6, 6.07) is 15.7. The molecule has 0 spiro atoms. The van der Waals surface area contributed by atoms with Crippen LogP contribution in [-0.2, 0) is 20.1 Å². The molecule has 0 aliphatic carbocycles. The van der Waals surface area contributed by atoms with E-state index in [0.717, 1.165) is 47.0 Å². The Labute approximate surface area is 177 Å². The molecule has 0 saturated heterocycles. The molecule has 158 valence electrons. The Bertz CT molecular complexity index is 1090. The summed E-state index contributed by atoms with van der Waals surface area (Å²) >= 11 is 0. The van der Waals surface area contributed by atoms with Crippen LogP contribution in [0.3, 0.4) is 0 Å². The summed E-state index contributed by atoms with van der Waals surface area (Å²) in [5.41, 5.74) is 3.79. The summed E-state index contributed by atoms with van der Waals surface area (Å²) in [7, 11) is 3.61. The molecular weight excluding hydrogens is 378 g/mol. The predicted molar refractivity (Wildman–Crippen MR) is 118 cm³/mol. The zero-order valence-corrected chi connectivity index (χ0v) is 18.1. The number of hydrogen-bond acceptors (Lipinski definition) is 4. The fourth-order valence-corrected chi connectivity index (χ4v) is 4.09. The minimum absolute atomic E-state index is 0.0327. The van der Waals surface area contributed by atoms with E-state index in [1.807, 2.05) is 67.2 Å². The van der Waals surface area contributed by atoms with E-state index in [9.17, 15) is 4.79 Å². The maximum absolute atomic E-state index is 13.3. The Morgan fingerprint density at radius 1 is 1.17 bits per heavy atom. The van der Waals surface area contributed by atoms with Crippen molar-refractivity contribution < 1.29 is 9.47 Å². The monoisotopic (exact) mass is 407 g/mol. The van der Waals surface area contributed by atoms with Gasteiger partial charge >= 0.3 is 0 Å². The zero-order chi connectivity index (χ0) is 21.3. The first kappa shape index (κ1) is 20.3. The molecule has 1 aromatic heterocycles. The molecule has 0 saturated carbocycles. The van der Waals surface area contributed by atoms with Gasteiger partial charge in [-0.15, -0.1) is 0 Å². The third-order valence-electron chi connectivity index (χ3n) is 5.93. The lowest BCUT2D eigenvalue weighted by molar-refractivity contribution is 0.139. The van der Waals surface area contributed by atoms with Crippen LogP contribution in [0.4, 0.5) is 0 Å². The summed E-state index contributed by atoms with van der Waals surface area (Å²) in [5, 5.41) is 0. The maximum atomic E-state index is 13.3. The van der Waals surface area contributed by atoms with E-state index in [2.05, 4.69) is 11.8 Å². The van der Waals surface area contributed by atoms with E-state index in [1.54, 1.807) is 11.8 Å². The average Bonchev–Trinajstić information content (AvgIpc) is 2.90. The first-order valence-corrected chi connectivity index (χ1v) is 10.4. The number of fused-ring (bicyclic) bond motifs is 1. The molecule has 3 aromatic rings. The molecule has 6 nitrogen and oxygen atoms in total. The molecule has 1 aliphatic rings. The lowest BCUT2D eigenvalue weighted by Gasteiger charge is -2.22. The Morgan fingerprint density at radius 3 is 2.63 bits per heavy atom. The quantitative estimate of drug-likeness (QED) is 0.648. The van der Waals surface area contributed by atoms with Gasteiger partial charge < -0.3 is 9.47 Å². The summed E-state index contributed by atoms with van der Waals surface area (Å²) in [4.78, 5) is 15.6. The van der Waals surface area contributed by atoms with Crippen molar-refractivity contribution in [2.75, 3.05) is 13.7 Å². The number of methoxy groups -OCH3 is 1. The molecule has 6 heteroatoms. The van der Waals surface area contributed by atoms with Crippen LogP contribution in [0, 0.1) is 6.92 Å². The fourth-order valence-electron chi connectivity index (χ4n) is 4.09. The zero-order valence-electron chi connectivity index (χ0n) is 18.1. The van der Waals surface area contributed by atoms with Crippen molar-refractivity contribution >= 4 is 0 Å². The van der Waals surface area contributed by atoms with E-state index in [0.29, 0.717) is 13.1 Å². The molecule has 0 N–H and O–H groups in total. The lowest BCUT2D eigenvalue weighted by Crippen LogP contribution is -2.33. The number of ether oxygens (including phenoxy) is 2. The highest BCUT2D eigenvalue weighted by molar-refractivity contribution is 5.41. The van der Waals surface area contributed by atoms with Gasteiger partial charge in [-0.1, -0.05) is 25.1 Å². The highest BCUT2D eigenvalue weighted by atomic mass is 16.5. The van der Waals surface area contributed by atoms with Crippen LogP contribution in [0.25, 0.3) is 5.69 Å². The van der Waals surface area contributed by atoms with E-state index in [4.69, 9.17) is 9.47 Å². The summed E-state index contributed by atoms with van der Waals surface area (Å²) in [6.45, 7) is 6.20. The highest BCUT2D eigenvalue weighted by Gasteiger charge is 2.25. The van der Waals surface area contributed by atoms with Crippen LogP contribution in [0.2, 0.25) is 0 Å². The van der Waals surface area contributed by atoms with Crippen LogP contribution in [-0.4, -0.2) is 34.0 Å². The Kier molecular flexibility index (Phi) is 5.68. The summed E-state index contributed by atoms with van der Waals surface area (Å²) < 4.78 is 15.3. The Hall–Kier alpha value is -2.99. The minimum Gasteiger partial charge on any atom is -0.497 e. The van der Waals surface area contributed by atoms with Gasteiger partial charge in [0.2, 0.25) is 0 Å². The van der Waals surface area contributed by atoms with E-state index < -0.39 is 0 Å². The number of hydrogen-bond donors (Lipinski definition) is 0. The van der Waals surface area contributed by atoms with E-state index >= 15 is 0 Å². The molecule has 1 atom stereocenters. The number of nitrogens with zero attached hydrogens (tertiary/aromatic N) is 3. The third-order valence-corrected chi connectivity index (χ3v) is 5.93. The number of benzene rings is 2. The third kappa shape index (κ3) is 3.75. The molecule has 4 rings (SSSR count). The maximum Gasteiger partial charge on any atom is 0.276 e. The van der Waals surface area contributed by atoms with Crippen LogP contribution in [0.1, 0.15) is 30.2 Å². The van der Waals surface area contributed by atoms with E-state index in [1.165, 1.54) is 0 Å². The van der Waals surface area contributed by atoms with Gasteiger partial charge in [-0.3, -0.25) is 14.4 Å². The normalized spacial score (nSPS) is 16.6. The second-order valence-corrected chi connectivity index (χ2v) is 7.83. The summed E-state index contributed by atoms with van der Waals surface area (Å²) in [6.07, 6.45) is 0.990. The minimum atomic E-state index is 0.0327. The van der Waals surface area contributed by atoms with Crippen LogP contribution < -0.4 is 15.0 Å². The van der Waals surface area contributed by atoms with Crippen molar-refractivity contribution in [1.82, 2.24) is 14.3 Å². The molecule has 0 radical (unpaired) electrons. The first-order valence-electron chi connectivity index (χ1n) is 10.4. The topological polar surface area (TPSA) is 48.6 Å². The smallest absolute Gasteiger partial charge is 0.276 e. The van der Waals surface area contributed by atoms with Crippen molar-refractivity contribution in [3.63, 3.8) is 0 Å². The van der Waals surface area contributed by atoms with Gasteiger partial charge in [-0.25, -0.2) is 4.68 Å².